The van der Waals surface area contributed by atoms with Gasteiger partial charge in [-0.05, 0) is 48.0 Å². The Morgan fingerprint density at radius 1 is 1.07 bits per heavy atom. The zero-order chi connectivity index (χ0) is 21.1. The van der Waals surface area contributed by atoms with E-state index in [0.29, 0.717) is 28.5 Å². The molecule has 2 amide bonds. The van der Waals surface area contributed by atoms with E-state index in [4.69, 9.17) is 20.6 Å². The van der Waals surface area contributed by atoms with Gasteiger partial charge in [0, 0.05) is 5.69 Å². The zero-order valence-electron chi connectivity index (χ0n) is 16.1. The fourth-order valence-corrected chi connectivity index (χ4v) is 2.25. The van der Waals surface area contributed by atoms with Crippen LogP contribution in [0.25, 0.3) is 0 Å². The highest BCUT2D eigenvalue weighted by Crippen LogP contribution is 2.27. The fourth-order valence-electron chi connectivity index (χ4n) is 2.25. The number of carbonyl (C=O) groups is 2. The van der Waals surface area contributed by atoms with Gasteiger partial charge >= 0.3 is 0 Å². The smallest absolute Gasteiger partial charge is 0.249 e. The van der Waals surface area contributed by atoms with Crippen LogP contribution in [-0.2, 0) is 9.59 Å². The van der Waals surface area contributed by atoms with E-state index in [1.54, 1.807) is 49.6 Å². The molecule has 2 N–H and O–H groups in total. The number of nitrogens with one attached hydrogen (secondary N) is 2. The van der Waals surface area contributed by atoms with Crippen LogP contribution < -0.4 is 25.0 Å². The number of methoxy groups -OCH3 is 2. The number of amides is 2. The highest BCUT2D eigenvalue weighted by molar-refractivity contribution is 6.03. The van der Waals surface area contributed by atoms with Gasteiger partial charge < -0.3 is 19.5 Å². The molecule has 0 bridgehead atoms. The summed E-state index contributed by atoms with van der Waals surface area (Å²) >= 11 is 0. The number of anilines is 1. The van der Waals surface area contributed by atoms with Crippen LogP contribution in [0.5, 0.6) is 17.2 Å². The Bertz CT molecular complexity index is 917. The third-order valence-electron chi connectivity index (χ3n) is 3.60. The Balaban J connectivity index is 1.85. The molecule has 0 radical (unpaired) electrons. The minimum Gasteiger partial charge on any atom is -0.497 e. The van der Waals surface area contributed by atoms with Crippen LogP contribution in [0.4, 0.5) is 5.69 Å². The van der Waals surface area contributed by atoms with Crippen molar-refractivity contribution in [3.63, 3.8) is 0 Å². The number of ether oxygens (including phenoxy) is 3. The van der Waals surface area contributed by atoms with Crippen LogP contribution >= 0.6 is 0 Å². The summed E-state index contributed by atoms with van der Waals surface area (Å²) < 4.78 is 15.6. The van der Waals surface area contributed by atoms with Crippen LogP contribution in [-0.4, -0.2) is 38.9 Å². The van der Waals surface area contributed by atoms with E-state index in [9.17, 15) is 9.59 Å². The quantitative estimate of drug-likeness (QED) is 0.294. The number of nitrogens with zero attached hydrogens (tertiary/aromatic N) is 1. The molecule has 150 valence electrons. The molecule has 0 saturated heterocycles. The summed E-state index contributed by atoms with van der Waals surface area (Å²) in [6.07, 6.45) is 6.22. The molecule has 0 aliphatic heterocycles. The summed E-state index contributed by atoms with van der Waals surface area (Å²) in [4.78, 5) is 23.8. The minimum absolute atomic E-state index is 0.123. The molecule has 8 nitrogen and oxygen atoms in total. The maximum atomic E-state index is 11.9. The molecule has 0 unspecified atom stereocenters. The predicted octanol–water partition coefficient (Wildman–Crippen LogP) is 2.19. The Hall–Kier alpha value is -3.99. The molecule has 0 aromatic heterocycles. The molecule has 2 rings (SSSR count). The van der Waals surface area contributed by atoms with Gasteiger partial charge in [-0.2, -0.15) is 5.10 Å². The van der Waals surface area contributed by atoms with Crippen molar-refractivity contribution in [2.75, 3.05) is 26.1 Å². The fraction of sp³-hybridized carbons (Fsp3) is 0.190. The summed E-state index contributed by atoms with van der Waals surface area (Å²) in [5, 5.41) is 6.46. The zero-order valence-corrected chi connectivity index (χ0v) is 16.1. The summed E-state index contributed by atoms with van der Waals surface area (Å²) in [7, 11) is 3.05. The summed E-state index contributed by atoms with van der Waals surface area (Å²) in [6, 6.07) is 11.8. The lowest BCUT2D eigenvalue weighted by molar-refractivity contribution is -0.126. The number of terminal acetylenes is 1. The number of carbonyl (C=O) groups excluding carboxylic acids is 2. The molecule has 0 fully saturated rings. The van der Waals surface area contributed by atoms with Gasteiger partial charge in [-0.1, -0.05) is 5.92 Å². The molecule has 0 heterocycles. The lowest BCUT2D eigenvalue weighted by atomic mass is 10.2. The van der Waals surface area contributed by atoms with Gasteiger partial charge in [-0.15, -0.1) is 6.42 Å². The third-order valence-corrected chi connectivity index (χ3v) is 3.60. The third kappa shape index (κ3) is 6.92. The number of rotatable bonds is 9. The predicted molar refractivity (Wildman–Crippen MR) is 109 cm³/mol. The van der Waals surface area contributed by atoms with Crippen molar-refractivity contribution >= 4 is 23.7 Å². The maximum Gasteiger partial charge on any atom is 0.249 e. The van der Waals surface area contributed by atoms with E-state index in [2.05, 4.69) is 21.8 Å². The van der Waals surface area contributed by atoms with Crippen molar-refractivity contribution in [3.8, 4) is 29.6 Å². The lowest BCUT2D eigenvalue weighted by Crippen LogP contribution is -2.24. The van der Waals surface area contributed by atoms with Crippen molar-refractivity contribution in [1.29, 1.82) is 0 Å². The normalized spacial score (nSPS) is 10.1. The molecule has 0 aliphatic carbocycles. The maximum absolute atomic E-state index is 11.9. The highest BCUT2D eigenvalue weighted by atomic mass is 16.5. The van der Waals surface area contributed by atoms with Gasteiger partial charge in [0.1, 0.15) is 18.8 Å². The lowest BCUT2D eigenvalue weighted by Gasteiger charge is -2.09. The van der Waals surface area contributed by atoms with E-state index in [1.807, 2.05) is 0 Å². The van der Waals surface area contributed by atoms with Gasteiger partial charge in [0.25, 0.3) is 0 Å². The number of hydrogen-bond donors (Lipinski definition) is 2. The van der Waals surface area contributed by atoms with E-state index in [-0.39, 0.29) is 13.0 Å². The Kier molecular flexibility index (Phi) is 8.08. The Morgan fingerprint density at radius 3 is 2.48 bits per heavy atom. The van der Waals surface area contributed by atoms with Gasteiger partial charge in [0.2, 0.25) is 11.8 Å². The SMILES string of the molecule is C#CCOc1ccc(C=NNC(=O)CC(=O)Nc2ccc(OC)cc2)cc1OC. The number of benzene rings is 2. The van der Waals surface area contributed by atoms with E-state index < -0.39 is 11.8 Å². The van der Waals surface area contributed by atoms with Gasteiger partial charge in [-0.25, -0.2) is 5.43 Å². The van der Waals surface area contributed by atoms with Crippen molar-refractivity contribution in [3.05, 3.63) is 48.0 Å². The standard InChI is InChI=1S/C21H21N3O5/c1-4-11-29-18-10-5-15(12-19(18)28-3)14-22-24-21(26)13-20(25)23-16-6-8-17(27-2)9-7-16/h1,5-10,12,14H,11,13H2,2-3H3,(H,23,25)(H,24,26). The summed E-state index contributed by atoms with van der Waals surface area (Å²) in [6.45, 7) is 0.123. The second-order valence-corrected chi connectivity index (χ2v) is 5.65. The van der Waals surface area contributed by atoms with Crippen molar-refractivity contribution < 1.29 is 23.8 Å². The second kappa shape index (κ2) is 11.0. The van der Waals surface area contributed by atoms with Crippen molar-refractivity contribution in [2.24, 2.45) is 5.10 Å². The van der Waals surface area contributed by atoms with Crippen molar-refractivity contribution in [1.82, 2.24) is 5.43 Å². The molecule has 8 heteroatoms. The summed E-state index contributed by atoms with van der Waals surface area (Å²) in [5.41, 5.74) is 3.53. The monoisotopic (exact) mass is 395 g/mol. The highest BCUT2D eigenvalue weighted by Gasteiger charge is 2.09. The molecular formula is C21H21N3O5. The molecule has 2 aromatic rings. The molecular weight excluding hydrogens is 374 g/mol. The van der Waals surface area contributed by atoms with Gasteiger partial charge in [0.05, 0.1) is 20.4 Å². The second-order valence-electron chi connectivity index (χ2n) is 5.65. The molecule has 0 saturated carbocycles. The molecule has 0 atom stereocenters. The van der Waals surface area contributed by atoms with Gasteiger partial charge in [0.15, 0.2) is 11.5 Å². The average molecular weight is 395 g/mol. The van der Waals surface area contributed by atoms with Crippen LogP contribution in [0, 0.1) is 12.3 Å². The first-order valence-electron chi connectivity index (χ1n) is 8.56. The number of hydrazone groups is 1. The molecule has 0 spiro atoms. The molecule has 2 aromatic carbocycles. The van der Waals surface area contributed by atoms with Crippen LogP contribution in [0.15, 0.2) is 47.6 Å². The van der Waals surface area contributed by atoms with Crippen LogP contribution in [0.2, 0.25) is 0 Å². The first-order chi connectivity index (χ1) is 14.0. The van der Waals surface area contributed by atoms with Crippen LogP contribution in [0.1, 0.15) is 12.0 Å². The minimum atomic E-state index is -0.548. The van der Waals surface area contributed by atoms with E-state index in [0.717, 1.165) is 0 Å². The van der Waals surface area contributed by atoms with Crippen LogP contribution in [0.3, 0.4) is 0 Å². The van der Waals surface area contributed by atoms with E-state index >= 15 is 0 Å². The number of hydrogen-bond acceptors (Lipinski definition) is 6. The Morgan fingerprint density at radius 2 is 1.83 bits per heavy atom. The topological polar surface area (TPSA) is 98.2 Å². The largest absolute Gasteiger partial charge is 0.497 e. The van der Waals surface area contributed by atoms with Gasteiger partial charge in [-0.3, -0.25) is 9.59 Å². The average Bonchev–Trinajstić information content (AvgIpc) is 2.73. The van der Waals surface area contributed by atoms with Crippen molar-refractivity contribution in [2.45, 2.75) is 6.42 Å². The van der Waals surface area contributed by atoms with E-state index in [1.165, 1.54) is 13.3 Å². The first-order valence-corrected chi connectivity index (χ1v) is 8.56. The Labute approximate surface area is 168 Å². The molecule has 29 heavy (non-hydrogen) atoms. The first kappa shape index (κ1) is 21.3. The molecule has 0 aliphatic rings. The summed E-state index contributed by atoms with van der Waals surface area (Å²) in [5.74, 6) is 3.02.